The number of nitrogens with one attached hydrogen (secondary N) is 1. The second kappa shape index (κ2) is 6.97. The number of carboxylic acid groups (broad SMARTS) is 1. The number of amides is 3. The normalized spacial score (nSPS) is 16.0. The molecule has 0 spiro atoms. The van der Waals surface area contributed by atoms with E-state index in [1.165, 1.54) is 18.2 Å². The van der Waals surface area contributed by atoms with Crippen LogP contribution in [0.1, 0.15) is 5.56 Å². The van der Waals surface area contributed by atoms with Crippen LogP contribution in [-0.2, 0) is 14.4 Å². The summed E-state index contributed by atoms with van der Waals surface area (Å²) in [5.41, 5.74) is 0.614. The highest BCUT2D eigenvalue weighted by Gasteiger charge is 2.36. The topological polar surface area (TPSA) is 124 Å². The molecule has 1 aromatic rings. The first kappa shape index (κ1) is 16.6. The molecule has 0 aromatic heterocycles. The Hall–Kier alpha value is -2.81. The zero-order valence-electron chi connectivity index (χ0n) is 11.7. The van der Waals surface area contributed by atoms with Gasteiger partial charge in [0.05, 0.1) is 4.91 Å². The van der Waals surface area contributed by atoms with Gasteiger partial charge in [-0.3, -0.25) is 24.1 Å². The van der Waals surface area contributed by atoms with E-state index in [-0.39, 0.29) is 10.7 Å². The lowest BCUT2D eigenvalue weighted by molar-refractivity contribution is -0.138. The number of hydrogen-bond donors (Lipinski definition) is 3. The number of imide groups is 1. The van der Waals surface area contributed by atoms with Gasteiger partial charge in [-0.1, -0.05) is 12.1 Å². The molecular weight excluding hydrogens is 324 g/mol. The lowest BCUT2D eigenvalue weighted by atomic mass is 10.2. The Labute approximate surface area is 134 Å². The molecule has 120 valence electrons. The summed E-state index contributed by atoms with van der Waals surface area (Å²) >= 11 is 0.687. The van der Waals surface area contributed by atoms with Gasteiger partial charge < -0.3 is 15.5 Å². The van der Waals surface area contributed by atoms with E-state index in [1.54, 1.807) is 12.1 Å². The SMILES string of the molecule is O=C(O)CNC(=O)CN1C(=O)S/C(=C\c2ccc(O)cc2)C1=O. The van der Waals surface area contributed by atoms with Gasteiger partial charge in [-0.25, -0.2) is 0 Å². The molecule has 1 heterocycles. The zero-order chi connectivity index (χ0) is 17.0. The van der Waals surface area contributed by atoms with Crippen LogP contribution in [0.15, 0.2) is 29.2 Å². The third-order valence-electron chi connectivity index (χ3n) is 2.80. The number of nitrogens with zero attached hydrogens (tertiary/aromatic N) is 1. The molecule has 3 N–H and O–H groups in total. The molecule has 0 unspecified atom stereocenters. The number of thioether (sulfide) groups is 1. The van der Waals surface area contributed by atoms with Crippen LogP contribution in [0.4, 0.5) is 4.79 Å². The molecule has 1 aliphatic heterocycles. The molecule has 0 bridgehead atoms. The van der Waals surface area contributed by atoms with Crippen molar-refractivity contribution in [2.24, 2.45) is 0 Å². The van der Waals surface area contributed by atoms with Crippen molar-refractivity contribution in [3.8, 4) is 5.75 Å². The van der Waals surface area contributed by atoms with Crippen LogP contribution in [0.3, 0.4) is 0 Å². The first-order chi connectivity index (χ1) is 10.9. The highest BCUT2D eigenvalue weighted by atomic mass is 32.2. The van der Waals surface area contributed by atoms with E-state index >= 15 is 0 Å². The van der Waals surface area contributed by atoms with Gasteiger partial charge in [0.2, 0.25) is 5.91 Å². The summed E-state index contributed by atoms with van der Waals surface area (Å²) in [6, 6.07) is 6.02. The molecule has 9 heteroatoms. The van der Waals surface area contributed by atoms with Gasteiger partial charge in [-0.2, -0.15) is 0 Å². The number of phenols is 1. The molecule has 1 saturated heterocycles. The number of phenolic OH excluding ortho intramolecular Hbond substituents is 1. The lowest BCUT2D eigenvalue weighted by Crippen LogP contribution is -2.41. The molecule has 3 amide bonds. The van der Waals surface area contributed by atoms with Crippen LogP contribution < -0.4 is 5.32 Å². The standard InChI is InChI=1S/C14H12N2O6S/c17-9-3-1-8(2-4-9)5-10-13(21)16(14(22)23-10)7-11(18)15-6-12(19)20/h1-5,17H,6-7H2,(H,15,18)(H,19,20)/b10-5-. The summed E-state index contributed by atoms with van der Waals surface area (Å²) in [7, 11) is 0. The van der Waals surface area contributed by atoms with Crippen molar-refractivity contribution in [2.75, 3.05) is 13.1 Å². The average molecular weight is 336 g/mol. The van der Waals surface area contributed by atoms with Crippen LogP contribution in [0.25, 0.3) is 6.08 Å². The molecule has 0 atom stereocenters. The maximum atomic E-state index is 12.1. The number of carboxylic acids is 1. The highest BCUT2D eigenvalue weighted by Crippen LogP contribution is 2.32. The predicted molar refractivity (Wildman–Crippen MR) is 81.4 cm³/mol. The van der Waals surface area contributed by atoms with E-state index < -0.39 is 36.1 Å². The van der Waals surface area contributed by atoms with Crippen LogP contribution >= 0.6 is 11.8 Å². The average Bonchev–Trinajstić information content (AvgIpc) is 2.75. The van der Waals surface area contributed by atoms with Crippen molar-refractivity contribution in [1.82, 2.24) is 10.2 Å². The molecule has 23 heavy (non-hydrogen) atoms. The fourth-order valence-electron chi connectivity index (χ4n) is 1.73. The Morgan fingerprint density at radius 1 is 1.22 bits per heavy atom. The maximum absolute atomic E-state index is 12.1. The van der Waals surface area contributed by atoms with E-state index in [9.17, 15) is 24.3 Å². The molecule has 0 saturated carbocycles. The monoisotopic (exact) mass is 336 g/mol. The summed E-state index contributed by atoms with van der Waals surface area (Å²) in [6.45, 7) is -1.12. The summed E-state index contributed by atoms with van der Waals surface area (Å²) in [4.78, 5) is 46.7. The Morgan fingerprint density at radius 2 is 1.87 bits per heavy atom. The minimum absolute atomic E-state index is 0.0744. The van der Waals surface area contributed by atoms with E-state index in [2.05, 4.69) is 5.32 Å². The summed E-state index contributed by atoms with van der Waals surface area (Å²) in [5.74, 6) is -2.51. The van der Waals surface area contributed by atoms with Crippen LogP contribution in [0, 0.1) is 0 Å². The minimum Gasteiger partial charge on any atom is -0.508 e. The number of hydrogen-bond acceptors (Lipinski definition) is 6. The fourth-order valence-corrected chi connectivity index (χ4v) is 2.57. The number of benzene rings is 1. The van der Waals surface area contributed by atoms with E-state index in [1.807, 2.05) is 0 Å². The Balaban J connectivity index is 2.06. The quantitative estimate of drug-likeness (QED) is 0.674. The minimum atomic E-state index is -1.22. The molecule has 1 aromatic carbocycles. The van der Waals surface area contributed by atoms with Crippen LogP contribution in [0.5, 0.6) is 5.75 Å². The second-order valence-corrected chi connectivity index (χ2v) is 5.52. The van der Waals surface area contributed by atoms with Gasteiger partial charge in [0.25, 0.3) is 11.1 Å². The van der Waals surface area contributed by atoms with Gasteiger partial charge in [-0.15, -0.1) is 0 Å². The summed E-state index contributed by atoms with van der Waals surface area (Å²) in [5, 5.41) is 19.1. The van der Waals surface area contributed by atoms with Gasteiger partial charge in [0, 0.05) is 0 Å². The van der Waals surface area contributed by atoms with Crippen molar-refractivity contribution in [3.63, 3.8) is 0 Å². The van der Waals surface area contributed by atoms with Crippen molar-refractivity contribution < 1.29 is 29.4 Å². The molecule has 0 aliphatic carbocycles. The van der Waals surface area contributed by atoms with Gasteiger partial charge in [-0.05, 0) is 35.5 Å². The Bertz CT molecular complexity index is 698. The maximum Gasteiger partial charge on any atom is 0.322 e. The van der Waals surface area contributed by atoms with Crippen molar-refractivity contribution >= 4 is 40.9 Å². The third-order valence-corrected chi connectivity index (χ3v) is 3.71. The van der Waals surface area contributed by atoms with E-state index in [0.717, 1.165) is 4.90 Å². The van der Waals surface area contributed by atoms with Crippen LogP contribution in [-0.4, -0.2) is 51.2 Å². The Morgan fingerprint density at radius 3 is 2.48 bits per heavy atom. The smallest absolute Gasteiger partial charge is 0.322 e. The van der Waals surface area contributed by atoms with Crippen molar-refractivity contribution in [2.45, 2.75) is 0 Å². The first-order valence-corrected chi connectivity index (χ1v) is 7.21. The number of rotatable bonds is 5. The summed E-state index contributed by atoms with van der Waals surface area (Å²) < 4.78 is 0. The van der Waals surface area contributed by atoms with Crippen LogP contribution in [0.2, 0.25) is 0 Å². The lowest BCUT2D eigenvalue weighted by Gasteiger charge is -2.11. The number of carbonyl (C=O) groups is 4. The van der Waals surface area contributed by atoms with Crippen molar-refractivity contribution in [3.05, 3.63) is 34.7 Å². The van der Waals surface area contributed by atoms with Crippen molar-refractivity contribution in [1.29, 1.82) is 0 Å². The van der Waals surface area contributed by atoms with Gasteiger partial charge in [0.1, 0.15) is 18.8 Å². The number of aromatic hydroxyl groups is 1. The van der Waals surface area contributed by atoms with Gasteiger partial charge in [0.15, 0.2) is 0 Å². The Kier molecular flexibility index (Phi) is 5.02. The molecule has 8 nitrogen and oxygen atoms in total. The van der Waals surface area contributed by atoms with Gasteiger partial charge >= 0.3 is 5.97 Å². The first-order valence-electron chi connectivity index (χ1n) is 6.39. The third kappa shape index (κ3) is 4.33. The zero-order valence-corrected chi connectivity index (χ0v) is 12.5. The largest absolute Gasteiger partial charge is 0.508 e. The summed E-state index contributed by atoms with van der Waals surface area (Å²) in [6.07, 6.45) is 1.47. The molecule has 1 aliphatic rings. The number of aliphatic carboxylic acids is 1. The highest BCUT2D eigenvalue weighted by molar-refractivity contribution is 8.18. The number of carbonyl (C=O) groups excluding carboxylic acids is 3. The second-order valence-electron chi connectivity index (χ2n) is 4.53. The molecule has 2 rings (SSSR count). The molecule has 1 fully saturated rings. The molecule has 0 radical (unpaired) electrons. The van der Waals surface area contributed by atoms with E-state index in [0.29, 0.717) is 17.3 Å². The predicted octanol–water partition coefficient (Wildman–Crippen LogP) is 0.629. The van der Waals surface area contributed by atoms with E-state index in [4.69, 9.17) is 5.11 Å². The molecular formula is C14H12N2O6S. The fraction of sp³-hybridized carbons (Fsp3) is 0.143.